The predicted octanol–water partition coefficient (Wildman–Crippen LogP) is 3.33. The van der Waals surface area contributed by atoms with Crippen LogP contribution in [-0.4, -0.2) is 17.8 Å². The first-order valence-electron chi connectivity index (χ1n) is 7.12. The Balaban J connectivity index is 2.02. The molecular weight excluding hydrogens is 321 g/mol. The summed E-state index contributed by atoms with van der Waals surface area (Å²) in [5.74, 6) is -0.264. The van der Waals surface area contributed by atoms with Crippen molar-refractivity contribution in [3.63, 3.8) is 0 Å². The fourth-order valence-electron chi connectivity index (χ4n) is 2.53. The van der Waals surface area contributed by atoms with Gasteiger partial charge in [0.2, 0.25) is 5.78 Å². The van der Waals surface area contributed by atoms with Crippen molar-refractivity contribution in [3.8, 4) is 0 Å². The summed E-state index contributed by atoms with van der Waals surface area (Å²) in [6.07, 6.45) is -2.36. The standard InChI is InChI=1S/C17H13F3N2O2/c1-21-16-13(10-4-2-6-12(8-10)17(18,19)20)14(23)15(24-16)11-5-3-7-22-9-11/h2-9,15,21H,1H3. The molecule has 7 heteroatoms. The summed E-state index contributed by atoms with van der Waals surface area (Å²) in [5.41, 5.74) is -0.0270. The number of nitrogens with one attached hydrogen (secondary N) is 1. The van der Waals surface area contributed by atoms with Crippen LogP contribution in [0.4, 0.5) is 13.2 Å². The average molecular weight is 334 g/mol. The number of nitrogens with zero attached hydrogens (tertiary/aromatic N) is 1. The Bertz CT molecular complexity index is 801. The van der Waals surface area contributed by atoms with Crippen LogP contribution in [0.25, 0.3) is 5.57 Å². The van der Waals surface area contributed by atoms with E-state index in [1.54, 1.807) is 25.4 Å². The van der Waals surface area contributed by atoms with E-state index in [0.717, 1.165) is 12.1 Å². The van der Waals surface area contributed by atoms with Gasteiger partial charge in [0.05, 0.1) is 11.1 Å². The molecule has 1 aromatic carbocycles. The van der Waals surface area contributed by atoms with Gasteiger partial charge in [0, 0.05) is 25.0 Å². The lowest BCUT2D eigenvalue weighted by Gasteiger charge is -2.10. The minimum absolute atomic E-state index is 0.0949. The molecule has 3 rings (SSSR count). The topological polar surface area (TPSA) is 51.2 Å². The normalized spacial score (nSPS) is 17.8. The average Bonchev–Trinajstić information content (AvgIpc) is 2.91. The van der Waals surface area contributed by atoms with Gasteiger partial charge in [0.15, 0.2) is 12.0 Å². The minimum Gasteiger partial charge on any atom is -0.462 e. The van der Waals surface area contributed by atoms with Gasteiger partial charge in [-0.2, -0.15) is 13.2 Å². The first kappa shape index (κ1) is 16.0. The number of aromatic nitrogens is 1. The van der Waals surface area contributed by atoms with Gasteiger partial charge in [-0.3, -0.25) is 9.78 Å². The van der Waals surface area contributed by atoms with Crippen LogP contribution < -0.4 is 5.32 Å². The van der Waals surface area contributed by atoms with Gasteiger partial charge >= 0.3 is 6.18 Å². The van der Waals surface area contributed by atoms with Gasteiger partial charge in [-0.15, -0.1) is 0 Å². The molecule has 1 aromatic heterocycles. The Morgan fingerprint density at radius 3 is 2.62 bits per heavy atom. The molecule has 4 nitrogen and oxygen atoms in total. The van der Waals surface area contributed by atoms with E-state index in [-0.39, 0.29) is 17.0 Å². The van der Waals surface area contributed by atoms with Crippen molar-refractivity contribution in [2.45, 2.75) is 12.3 Å². The highest BCUT2D eigenvalue weighted by molar-refractivity contribution is 6.25. The number of ether oxygens (including phenoxy) is 1. The molecule has 0 bridgehead atoms. The molecule has 0 saturated heterocycles. The molecule has 0 saturated carbocycles. The van der Waals surface area contributed by atoms with Crippen LogP contribution in [0.5, 0.6) is 0 Å². The lowest BCUT2D eigenvalue weighted by molar-refractivity contribution is -0.137. The van der Waals surface area contributed by atoms with Crippen molar-refractivity contribution >= 4 is 11.4 Å². The molecule has 124 valence electrons. The molecule has 0 fully saturated rings. The maximum absolute atomic E-state index is 12.9. The zero-order valence-corrected chi connectivity index (χ0v) is 12.6. The van der Waals surface area contributed by atoms with Crippen LogP contribution in [-0.2, 0) is 15.7 Å². The van der Waals surface area contributed by atoms with E-state index in [1.807, 2.05) is 0 Å². The second-order valence-corrected chi connectivity index (χ2v) is 5.18. The van der Waals surface area contributed by atoms with E-state index in [1.165, 1.54) is 18.3 Å². The van der Waals surface area contributed by atoms with E-state index >= 15 is 0 Å². The van der Waals surface area contributed by atoms with Crippen LogP contribution in [0.3, 0.4) is 0 Å². The number of ketones is 1. The van der Waals surface area contributed by atoms with Gasteiger partial charge in [0.25, 0.3) is 0 Å². The molecule has 1 aliphatic heterocycles. The third-order valence-corrected chi connectivity index (χ3v) is 3.64. The number of hydrogen-bond donors (Lipinski definition) is 1. The second kappa shape index (κ2) is 5.99. The SMILES string of the molecule is CNC1=C(c2cccc(C(F)(F)F)c2)C(=O)C(c2cccnc2)O1. The zero-order chi connectivity index (χ0) is 17.3. The number of Topliss-reactive ketones (excluding diaryl/α,β-unsaturated/α-hetero) is 1. The first-order chi connectivity index (χ1) is 11.4. The fraction of sp³-hybridized carbons (Fsp3) is 0.176. The fourth-order valence-corrected chi connectivity index (χ4v) is 2.53. The Morgan fingerprint density at radius 2 is 2.00 bits per heavy atom. The van der Waals surface area contributed by atoms with E-state index < -0.39 is 23.6 Å². The molecule has 2 heterocycles. The molecule has 0 amide bonds. The van der Waals surface area contributed by atoms with Gasteiger partial charge in [-0.1, -0.05) is 18.2 Å². The lowest BCUT2D eigenvalue weighted by atomic mass is 9.96. The van der Waals surface area contributed by atoms with E-state index in [9.17, 15) is 18.0 Å². The molecule has 0 spiro atoms. The van der Waals surface area contributed by atoms with Gasteiger partial charge in [0.1, 0.15) is 0 Å². The number of alkyl halides is 3. The number of pyridine rings is 1. The number of benzene rings is 1. The van der Waals surface area contributed by atoms with Crippen molar-refractivity contribution < 1.29 is 22.7 Å². The smallest absolute Gasteiger partial charge is 0.416 e. The number of rotatable bonds is 3. The zero-order valence-electron chi connectivity index (χ0n) is 12.6. The highest BCUT2D eigenvalue weighted by Crippen LogP contribution is 2.38. The number of carbonyl (C=O) groups is 1. The van der Waals surface area contributed by atoms with Crippen molar-refractivity contribution in [1.29, 1.82) is 0 Å². The summed E-state index contributed by atoms with van der Waals surface area (Å²) >= 11 is 0. The summed E-state index contributed by atoms with van der Waals surface area (Å²) < 4.78 is 44.3. The van der Waals surface area contributed by atoms with Crippen LogP contribution in [0.15, 0.2) is 54.7 Å². The third kappa shape index (κ3) is 2.84. The van der Waals surface area contributed by atoms with Crippen molar-refractivity contribution in [3.05, 3.63) is 71.4 Å². The van der Waals surface area contributed by atoms with Crippen molar-refractivity contribution in [2.75, 3.05) is 7.05 Å². The number of carbonyl (C=O) groups excluding carboxylic acids is 1. The Hall–Kier alpha value is -2.83. The molecule has 24 heavy (non-hydrogen) atoms. The van der Waals surface area contributed by atoms with Gasteiger partial charge in [-0.25, -0.2) is 0 Å². The Labute approximate surface area is 136 Å². The minimum atomic E-state index is -4.48. The van der Waals surface area contributed by atoms with Crippen LogP contribution in [0, 0.1) is 0 Å². The number of hydrogen-bond acceptors (Lipinski definition) is 4. The van der Waals surface area contributed by atoms with Crippen molar-refractivity contribution in [1.82, 2.24) is 10.3 Å². The highest BCUT2D eigenvalue weighted by Gasteiger charge is 2.38. The van der Waals surface area contributed by atoms with Crippen LogP contribution in [0.1, 0.15) is 22.8 Å². The highest BCUT2D eigenvalue weighted by atomic mass is 19.4. The Morgan fingerprint density at radius 1 is 1.21 bits per heavy atom. The maximum Gasteiger partial charge on any atom is 0.416 e. The molecule has 1 atom stereocenters. The van der Waals surface area contributed by atoms with Crippen LogP contribution in [0.2, 0.25) is 0 Å². The quantitative estimate of drug-likeness (QED) is 0.935. The second-order valence-electron chi connectivity index (χ2n) is 5.18. The number of halogens is 3. The van der Waals surface area contributed by atoms with Crippen LogP contribution >= 0.6 is 0 Å². The first-order valence-corrected chi connectivity index (χ1v) is 7.12. The third-order valence-electron chi connectivity index (χ3n) is 3.64. The van der Waals surface area contributed by atoms with Gasteiger partial charge < -0.3 is 10.1 Å². The summed E-state index contributed by atoms with van der Waals surface area (Å²) in [4.78, 5) is 16.6. The van der Waals surface area contributed by atoms with Gasteiger partial charge in [-0.05, 0) is 23.8 Å². The molecule has 1 aliphatic rings. The lowest BCUT2D eigenvalue weighted by Crippen LogP contribution is -2.10. The van der Waals surface area contributed by atoms with E-state index in [2.05, 4.69) is 10.3 Å². The summed E-state index contributed by atoms with van der Waals surface area (Å²) in [7, 11) is 1.54. The van der Waals surface area contributed by atoms with Crippen molar-refractivity contribution in [2.24, 2.45) is 0 Å². The monoisotopic (exact) mass is 334 g/mol. The summed E-state index contributed by atoms with van der Waals surface area (Å²) in [6.45, 7) is 0. The molecule has 2 aromatic rings. The molecule has 1 N–H and O–H groups in total. The summed E-state index contributed by atoms with van der Waals surface area (Å²) in [5, 5.41) is 2.74. The molecule has 0 radical (unpaired) electrons. The van der Waals surface area contributed by atoms with E-state index in [4.69, 9.17) is 4.74 Å². The molecular formula is C17H13F3N2O2. The van der Waals surface area contributed by atoms with E-state index in [0.29, 0.717) is 5.56 Å². The Kier molecular flexibility index (Phi) is 4.01. The largest absolute Gasteiger partial charge is 0.462 e. The molecule has 0 aliphatic carbocycles. The maximum atomic E-state index is 12.9. The molecule has 1 unspecified atom stereocenters. The summed E-state index contributed by atoms with van der Waals surface area (Å²) in [6, 6.07) is 7.96. The predicted molar refractivity (Wildman–Crippen MR) is 80.5 cm³/mol.